The van der Waals surface area contributed by atoms with Gasteiger partial charge in [-0.3, -0.25) is 0 Å². The Kier molecular flexibility index (Phi) is 5.08. The SMILES string of the molecule is CC1(C)c2ccccc2-c2ccc(/C=C/c3cccc4c(N5CCCc6ccccc65)cccc34)cc21. The zero-order chi connectivity index (χ0) is 25.0. The van der Waals surface area contributed by atoms with E-state index in [1.165, 1.54) is 67.5 Å². The first-order chi connectivity index (χ1) is 18.1. The standard InChI is InChI=1S/C36H31N/c1-36(2)32-16-5-4-13-29(32)30-22-20-25(24-33(30)36)19-21-26-11-7-15-31-28(26)14-8-18-35(31)37-23-9-12-27-10-3-6-17-34(27)37/h3-8,10-11,13-22,24H,9,12,23H2,1-2H3/b21-19+. The number of para-hydroxylation sites is 1. The van der Waals surface area contributed by atoms with E-state index in [-0.39, 0.29) is 5.41 Å². The quantitative estimate of drug-likeness (QED) is 0.234. The maximum Gasteiger partial charge on any atom is 0.0490 e. The minimum atomic E-state index is 0.0227. The van der Waals surface area contributed by atoms with E-state index in [9.17, 15) is 0 Å². The second-order valence-electron chi connectivity index (χ2n) is 10.9. The monoisotopic (exact) mass is 477 g/mol. The Bertz CT molecular complexity index is 1690. The highest BCUT2D eigenvalue weighted by molar-refractivity contribution is 6.01. The van der Waals surface area contributed by atoms with E-state index >= 15 is 0 Å². The van der Waals surface area contributed by atoms with E-state index in [1.807, 2.05) is 0 Å². The molecule has 0 amide bonds. The normalized spacial score (nSPS) is 15.6. The number of anilines is 2. The van der Waals surface area contributed by atoms with Crippen LogP contribution in [-0.2, 0) is 11.8 Å². The molecule has 1 aliphatic heterocycles. The van der Waals surface area contributed by atoms with Gasteiger partial charge in [-0.1, -0.05) is 117 Å². The van der Waals surface area contributed by atoms with Crippen molar-refractivity contribution in [3.63, 3.8) is 0 Å². The lowest BCUT2D eigenvalue weighted by Gasteiger charge is -2.32. The summed E-state index contributed by atoms with van der Waals surface area (Å²) >= 11 is 0. The van der Waals surface area contributed by atoms with Gasteiger partial charge < -0.3 is 4.90 Å². The van der Waals surface area contributed by atoms with Gasteiger partial charge in [-0.05, 0) is 69.3 Å². The molecule has 0 aromatic heterocycles. The summed E-state index contributed by atoms with van der Waals surface area (Å²) in [6.07, 6.45) is 6.91. The summed E-state index contributed by atoms with van der Waals surface area (Å²) in [4.78, 5) is 2.51. The van der Waals surface area contributed by atoms with Crippen LogP contribution in [0.5, 0.6) is 0 Å². The molecule has 0 N–H and O–H groups in total. The molecule has 0 saturated carbocycles. The summed E-state index contributed by atoms with van der Waals surface area (Å²) in [5.41, 5.74) is 12.2. The van der Waals surface area contributed by atoms with E-state index in [0.717, 1.165) is 13.0 Å². The predicted octanol–water partition coefficient (Wildman–Crippen LogP) is 9.40. The van der Waals surface area contributed by atoms with Gasteiger partial charge in [0.15, 0.2) is 0 Å². The molecule has 7 rings (SSSR count). The van der Waals surface area contributed by atoms with E-state index < -0.39 is 0 Å². The highest BCUT2D eigenvalue weighted by Gasteiger charge is 2.34. The Hall–Kier alpha value is -4.10. The lowest BCUT2D eigenvalue weighted by atomic mass is 9.82. The van der Waals surface area contributed by atoms with Gasteiger partial charge in [0, 0.05) is 28.7 Å². The molecule has 1 nitrogen and oxygen atoms in total. The van der Waals surface area contributed by atoms with E-state index in [1.54, 1.807) is 0 Å². The molecule has 0 spiro atoms. The number of aryl methyl sites for hydroxylation is 1. The molecule has 0 bridgehead atoms. The van der Waals surface area contributed by atoms with E-state index in [4.69, 9.17) is 0 Å². The van der Waals surface area contributed by atoms with Gasteiger partial charge in [0.25, 0.3) is 0 Å². The van der Waals surface area contributed by atoms with Gasteiger partial charge in [-0.2, -0.15) is 0 Å². The molecule has 0 radical (unpaired) electrons. The third-order valence-corrected chi connectivity index (χ3v) is 8.40. The van der Waals surface area contributed by atoms with Gasteiger partial charge in [-0.25, -0.2) is 0 Å². The summed E-state index contributed by atoms with van der Waals surface area (Å²) in [5.74, 6) is 0. The van der Waals surface area contributed by atoms with Crippen LogP contribution in [0.15, 0.2) is 103 Å². The van der Waals surface area contributed by atoms with Gasteiger partial charge in [0.1, 0.15) is 0 Å². The minimum absolute atomic E-state index is 0.0227. The minimum Gasteiger partial charge on any atom is -0.341 e. The van der Waals surface area contributed by atoms with Crippen molar-refractivity contribution in [3.05, 3.63) is 131 Å². The molecule has 0 saturated heterocycles. The largest absolute Gasteiger partial charge is 0.341 e. The highest BCUT2D eigenvalue weighted by atomic mass is 15.1. The van der Waals surface area contributed by atoms with Crippen molar-refractivity contribution in [2.24, 2.45) is 0 Å². The Balaban J connectivity index is 1.27. The van der Waals surface area contributed by atoms with Crippen LogP contribution in [-0.4, -0.2) is 6.54 Å². The molecule has 1 heteroatoms. The fraction of sp³-hybridized carbons (Fsp3) is 0.167. The Labute approximate surface area is 219 Å². The molecule has 5 aromatic rings. The van der Waals surface area contributed by atoms with Gasteiger partial charge >= 0.3 is 0 Å². The van der Waals surface area contributed by atoms with Crippen LogP contribution in [0.3, 0.4) is 0 Å². The molecule has 5 aromatic carbocycles. The first-order valence-corrected chi connectivity index (χ1v) is 13.4. The van der Waals surface area contributed by atoms with Crippen molar-refractivity contribution in [1.29, 1.82) is 0 Å². The van der Waals surface area contributed by atoms with Crippen LogP contribution in [0.4, 0.5) is 11.4 Å². The van der Waals surface area contributed by atoms with Crippen molar-refractivity contribution in [1.82, 2.24) is 0 Å². The lowest BCUT2D eigenvalue weighted by molar-refractivity contribution is 0.660. The van der Waals surface area contributed by atoms with Crippen molar-refractivity contribution in [2.75, 3.05) is 11.4 Å². The van der Waals surface area contributed by atoms with Crippen LogP contribution >= 0.6 is 0 Å². The fourth-order valence-corrected chi connectivity index (χ4v) is 6.49. The van der Waals surface area contributed by atoms with E-state index in [0.29, 0.717) is 0 Å². The third kappa shape index (κ3) is 3.53. The van der Waals surface area contributed by atoms with Gasteiger partial charge in [0.05, 0.1) is 0 Å². The van der Waals surface area contributed by atoms with Crippen LogP contribution < -0.4 is 4.90 Å². The molecule has 1 aliphatic carbocycles. The smallest absolute Gasteiger partial charge is 0.0490 e. The van der Waals surface area contributed by atoms with Crippen LogP contribution in [0.2, 0.25) is 0 Å². The predicted molar refractivity (Wildman–Crippen MR) is 159 cm³/mol. The number of benzene rings is 5. The first-order valence-electron chi connectivity index (χ1n) is 13.4. The van der Waals surface area contributed by atoms with Crippen molar-refractivity contribution in [2.45, 2.75) is 32.1 Å². The molecule has 1 heterocycles. The molecule has 0 unspecified atom stereocenters. The van der Waals surface area contributed by atoms with Crippen LogP contribution in [0.25, 0.3) is 34.1 Å². The molecular formula is C36H31N. The topological polar surface area (TPSA) is 3.24 Å². The zero-order valence-corrected chi connectivity index (χ0v) is 21.5. The van der Waals surface area contributed by atoms with Crippen LogP contribution in [0, 0.1) is 0 Å². The number of hydrogen-bond donors (Lipinski definition) is 0. The average molecular weight is 478 g/mol. The summed E-state index contributed by atoms with van der Waals surface area (Å²) in [5, 5.41) is 2.61. The fourth-order valence-electron chi connectivity index (χ4n) is 6.49. The second-order valence-corrected chi connectivity index (χ2v) is 10.9. The molecule has 0 atom stereocenters. The Morgan fingerprint density at radius 3 is 2.35 bits per heavy atom. The first kappa shape index (κ1) is 22.1. The van der Waals surface area contributed by atoms with Gasteiger partial charge in [-0.15, -0.1) is 0 Å². The van der Waals surface area contributed by atoms with Crippen molar-refractivity contribution in [3.8, 4) is 11.1 Å². The summed E-state index contributed by atoms with van der Waals surface area (Å²) in [7, 11) is 0. The summed E-state index contributed by atoms with van der Waals surface area (Å²) < 4.78 is 0. The molecule has 2 aliphatic rings. The maximum atomic E-state index is 2.51. The molecule has 37 heavy (non-hydrogen) atoms. The second kappa shape index (κ2) is 8.49. The van der Waals surface area contributed by atoms with Crippen molar-refractivity contribution >= 4 is 34.3 Å². The van der Waals surface area contributed by atoms with Crippen molar-refractivity contribution < 1.29 is 0 Å². The zero-order valence-electron chi connectivity index (χ0n) is 21.5. The van der Waals surface area contributed by atoms with E-state index in [2.05, 4.69) is 134 Å². The van der Waals surface area contributed by atoms with Gasteiger partial charge in [0.2, 0.25) is 0 Å². The number of nitrogens with zero attached hydrogens (tertiary/aromatic N) is 1. The van der Waals surface area contributed by atoms with Crippen LogP contribution in [0.1, 0.15) is 48.1 Å². The molecule has 180 valence electrons. The number of rotatable bonds is 3. The maximum absolute atomic E-state index is 2.51. The average Bonchev–Trinajstić information content (AvgIpc) is 3.17. The number of hydrogen-bond acceptors (Lipinski definition) is 1. The highest BCUT2D eigenvalue weighted by Crippen LogP contribution is 2.48. The summed E-state index contributed by atoms with van der Waals surface area (Å²) in [6.45, 7) is 5.75. The summed E-state index contributed by atoms with van der Waals surface area (Å²) in [6, 6.07) is 38.1. The molecular weight excluding hydrogens is 446 g/mol. The lowest BCUT2D eigenvalue weighted by Crippen LogP contribution is -2.24. The molecule has 0 fully saturated rings. The number of fused-ring (bicyclic) bond motifs is 5. The Morgan fingerprint density at radius 2 is 1.41 bits per heavy atom. The Morgan fingerprint density at radius 1 is 0.649 bits per heavy atom. The third-order valence-electron chi connectivity index (χ3n) is 8.40.